The first-order chi connectivity index (χ1) is 7.22. The number of rotatable bonds is 5. The molecule has 2 unspecified atom stereocenters. The molecular formula is C11H18N2O2. The second-order valence-corrected chi connectivity index (χ2v) is 4.12. The highest BCUT2D eigenvalue weighted by molar-refractivity contribution is 5.07. The molecule has 0 spiro atoms. The largest absolute Gasteiger partial charge is 0.384 e. The summed E-state index contributed by atoms with van der Waals surface area (Å²) in [5.41, 5.74) is 0.711. The molecule has 0 aromatic carbocycles. The third-order valence-electron chi connectivity index (χ3n) is 2.79. The molecule has 1 aliphatic carbocycles. The molecule has 15 heavy (non-hydrogen) atoms. The van der Waals surface area contributed by atoms with Crippen molar-refractivity contribution in [2.45, 2.75) is 32.0 Å². The average Bonchev–Trinajstić information content (AvgIpc) is 2.96. The van der Waals surface area contributed by atoms with Crippen LogP contribution in [0.2, 0.25) is 0 Å². The van der Waals surface area contributed by atoms with Gasteiger partial charge in [0, 0.05) is 19.9 Å². The van der Waals surface area contributed by atoms with E-state index in [0.29, 0.717) is 18.2 Å². The molecule has 84 valence electrons. The highest BCUT2D eigenvalue weighted by atomic mass is 16.5. The lowest BCUT2D eigenvalue weighted by molar-refractivity contribution is -0.0480. The zero-order chi connectivity index (χ0) is 10.8. The van der Waals surface area contributed by atoms with Crippen molar-refractivity contribution >= 4 is 0 Å². The summed E-state index contributed by atoms with van der Waals surface area (Å²) in [6, 6.07) is 1.85. The standard InChI is InChI=1S/C11H18N2O2/c1-3-15-11(8-4-5-8)10(14)9-6-7-13(2)12-9/h6-8,10-11,14H,3-5H2,1-2H3. The van der Waals surface area contributed by atoms with E-state index in [-0.39, 0.29) is 6.10 Å². The zero-order valence-electron chi connectivity index (χ0n) is 9.26. The Morgan fingerprint density at radius 1 is 1.67 bits per heavy atom. The van der Waals surface area contributed by atoms with Gasteiger partial charge in [-0.15, -0.1) is 0 Å². The number of hydrogen-bond acceptors (Lipinski definition) is 3. The van der Waals surface area contributed by atoms with Crippen LogP contribution in [0.25, 0.3) is 0 Å². The Bertz CT molecular complexity index is 320. The van der Waals surface area contributed by atoms with Gasteiger partial charge in [0.25, 0.3) is 0 Å². The summed E-state index contributed by atoms with van der Waals surface area (Å²) in [5, 5.41) is 14.3. The quantitative estimate of drug-likeness (QED) is 0.796. The second kappa shape index (κ2) is 4.33. The Morgan fingerprint density at radius 3 is 2.87 bits per heavy atom. The minimum atomic E-state index is -0.585. The van der Waals surface area contributed by atoms with Crippen LogP contribution >= 0.6 is 0 Å². The molecule has 2 atom stereocenters. The van der Waals surface area contributed by atoms with Gasteiger partial charge in [-0.05, 0) is 31.7 Å². The highest BCUT2D eigenvalue weighted by Gasteiger charge is 2.37. The summed E-state index contributed by atoms with van der Waals surface area (Å²) in [6.07, 6.45) is 3.50. The number of hydrogen-bond donors (Lipinski definition) is 1. The Balaban J connectivity index is 2.06. The lowest BCUT2D eigenvalue weighted by atomic mass is 10.1. The number of ether oxygens (including phenoxy) is 1. The topological polar surface area (TPSA) is 47.3 Å². The molecule has 4 heteroatoms. The number of aryl methyl sites for hydroxylation is 1. The van der Waals surface area contributed by atoms with E-state index in [1.165, 1.54) is 0 Å². The molecule has 1 saturated carbocycles. The van der Waals surface area contributed by atoms with Crippen molar-refractivity contribution in [1.82, 2.24) is 9.78 Å². The number of aliphatic hydroxyl groups excluding tert-OH is 1. The van der Waals surface area contributed by atoms with Crippen molar-refractivity contribution in [3.8, 4) is 0 Å². The fourth-order valence-corrected chi connectivity index (χ4v) is 1.86. The molecule has 2 rings (SSSR count). The van der Waals surface area contributed by atoms with Crippen molar-refractivity contribution in [2.24, 2.45) is 13.0 Å². The monoisotopic (exact) mass is 210 g/mol. The van der Waals surface area contributed by atoms with Crippen LogP contribution in [-0.4, -0.2) is 27.6 Å². The molecule has 0 amide bonds. The van der Waals surface area contributed by atoms with Crippen molar-refractivity contribution in [2.75, 3.05) is 6.61 Å². The predicted molar refractivity (Wildman–Crippen MR) is 56.3 cm³/mol. The first-order valence-electron chi connectivity index (χ1n) is 5.51. The third-order valence-corrected chi connectivity index (χ3v) is 2.79. The van der Waals surface area contributed by atoms with Gasteiger partial charge in [-0.2, -0.15) is 5.10 Å². The van der Waals surface area contributed by atoms with Gasteiger partial charge in [-0.1, -0.05) is 0 Å². The normalized spacial score (nSPS) is 20.2. The second-order valence-electron chi connectivity index (χ2n) is 4.12. The Labute approximate surface area is 89.9 Å². The highest BCUT2D eigenvalue weighted by Crippen LogP contribution is 2.39. The van der Waals surface area contributed by atoms with Crippen LogP contribution in [0.5, 0.6) is 0 Å². The van der Waals surface area contributed by atoms with Crippen LogP contribution in [0.4, 0.5) is 0 Å². The van der Waals surface area contributed by atoms with E-state index < -0.39 is 6.10 Å². The molecule has 1 fully saturated rings. The predicted octanol–water partition coefficient (Wildman–Crippen LogP) is 1.27. The first-order valence-corrected chi connectivity index (χ1v) is 5.51. The lowest BCUT2D eigenvalue weighted by Crippen LogP contribution is -2.25. The number of aromatic nitrogens is 2. The SMILES string of the molecule is CCOC(C1CC1)C(O)c1ccn(C)n1. The van der Waals surface area contributed by atoms with Crippen LogP contribution in [0.1, 0.15) is 31.6 Å². The van der Waals surface area contributed by atoms with Gasteiger partial charge in [-0.25, -0.2) is 0 Å². The molecule has 0 aliphatic heterocycles. The number of aliphatic hydroxyl groups is 1. The number of nitrogens with zero attached hydrogens (tertiary/aromatic N) is 2. The molecule has 0 saturated heterocycles. The summed E-state index contributed by atoms with van der Waals surface area (Å²) in [4.78, 5) is 0. The average molecular weight is 210 g/mol. The van der Waals surface area contributed by atoms with Gasteiger partial charge >= 0.3 is 0 Å². The van der Waals surface area contributed by atoms with Gasteiger partial charge in [-0.3, -0.25) is 4.68 Å². The van der Waals surface area contributed by atoms with Gasteiger partial charge in [0.2, 0.25) is 0 Å². The van der Waals surface area contributed by atoms with Crippen LogP contribution < -0.4 is 0 Å². The Kier molecular flexibility index (Phi) is 3.07. The minimum Gasteiger partial charge on any atom is -0.384 e. The molecular weight excluding hydrogens is 192 g/mol. The summed E-state index contributed by atoms with van der Waals surface area (Å²) >= 11 is 0. The first kappa shape index (κ1) is 10.6. The Morgan fingerprint density at radius 2 is 2.40 bits per heavy atom. The molecule has 0 radical (unpaired) electrons. The van der Waals surface area contributed by atoms with E-state index in [0.717, 1.165) is 12.8 Å². The van der Waals surface area contributed by atoms with Crippen molar-refractivity contribution in [3.05, 3.63) is 18.0 Å². The summed E-state index contributed by atoms with van der Waals surface area (Å²) in [7, 11) is 1.85. The summed E-state index contributed by atoms with van der Waals surface area (Å²) in [5.74, 6) is 0.516. The van der Waals surface area contributed by atoms with Crippen molar-refractivity contribution in [3.63, 3.8) is 0 Å². The molecule has 1 aromatic rings. The van der Waals surface area contributed by atoms with E-state index >= 15 is 0 Å². The Hall–Kier alpha value is -0.870. The smallest absolute Gasteiger partial charge is 0.124 e. The maximum Gasteiger partial charge on any atom is 0.124 e. The van der Waals surface area contributed by atoms with Crippen molar-refractivity contribution < 1.29 is 9.84 Å². The van der Waals surface area contributed by atoms with Crippen LogP contribution in [-0.2, 0) is 11.8 Å². The maximum absolute atomic E-state index is 10.1. The van der Waals surface area contributed by atoms with Crippen LogP contribution in [0.3, 0.4) is 0 Å². The van der Waals surface area contributed by atoms with Crippen LogP contribution in [0, 0.1) is 5.92 Å². The molecule has 0 bridgehead atoms. The fraction of sp³-hybridized carbons (Fsp3) is 0.727. The summed E-state index contributed by atoms with van der Waals surface area (Å²) in [6.45, 7) is 2.60. The lowest BCUT2D eigenvalue weighted by Gasteiger charge is -2.21. The van der Waals surface area contributed by atoms with E-state index in [2.05, 4.69) is 5.10 Å². The van der Waals surface area contributed by atoms with Gasteiger partial charge < -0.3 is 9.84 Å². The van der Waals surface area contributed by atoms with Crippen LogP contribution in [0.15, 0.2) is 12.3 Å². The van der Waals surface area contributed by atoms with E-state index in [1.807, 2.05) is 26.2 Å². The van der Waals surface area contributed by atoms with Gasteiger partial charge in [0.05, 0.1) is 11.8 Å². The van der Waals surface area contributed by atoms with Gasteiger partial charge in [0.1, 0.15) is 6.10 Å². The van der Waals surface area contributed by atoms with E-state index in [1.54, 1.807) is 4.68 Å². The van der Waals surface area contributed by atoms with E-state index in [9.17, 15) is 5.11 Å². The third kappa shape index (κ3) is 2.38. The molecule has 1 N–H and O–H groups in total. The van der Waals surface area contributed by atoms with Gasteiger partial charge in [0.15, 0.2) is 0 Å². The zero-order valence-corrected chi connectivity index (χ0v) is 9.26. The summed E-state index contributed by atoms with van der Waals surface area (Å²) < 4.78 is 7.29. The van der Waals surface area contributed by atoms with E-state index in [4.69, 9.17) is 4.74 Å². The molecule has 4 nitrogen and oxygen atoms in total. The van der Waals surface area contributed by atoms with Crippen molar-refractivity contribution in [1.29, 1.82) is 0 Å². The molecule has 1 heterocycles. The minimum absolute atomic E-state index is 0.0788. The fourth-order valence-electron chi connectivity index (χ4n) is 1.86. The molecule has 1 aromatic heterocycles. The molecule has 1 aliphatic rings. The maximum atomic E-state index is 10.1.